The summed E-state index contributed by atoms with van der Waals surface area (Å²) < 4.78 is 51.5. The Hall–Kier alpha value is -2.65. The summed E-state index contributed by atoms with van der Waals surface area (Å²) in [5.74, 6) is 0.269. The minimum Gasteiger partial charge on any atom is -0.454 e. The predicted molar refractivity (Wildman–Crippen MR) is 116 cm³/mol. The molecule has 0 radical (unpaired) electrons. The summed E-state index contributed by atoms with van der Waals surface area (Å²) in [6, 6.07) is 11.1. The van der Waals surface area contributed by atoms with Crippen molar-refractivity contribution in [1.29, 1.82) is 0 Å². The van der Waals surface area contributed by atoms with E-state index in [0.29, 0.717) is 30.9 Å². The quantitative estimate of drug-likeness (QED) is 0.713. The number of rotatable bonds is 6. The number of nitrogens with zero attached hydrogens (tertiary/aromatic N) is 1. The van der Waals surface area contributed by atoms with Gasteiger partial charge >= 0.3 is 0 Å². The third kappa shape index (κ3) is 4.45. The molecule has 0 saturated carbocycles. The van der Waals surface area contributed by atoms with Gasteiger partial charge in [0.1, 0.15) is 10.7 Å². The second-order valence-corrected chi connectivity index (χ2v) is 10.7. The van der Waals surface area contributed by atoms with E-state index in [-0.39, 0.29) is 42.0 Å². The molecule has 0 aromatic heterocycles. The van der Waals surface area contributed by atoms with Crippen molar-refractivity contribution in [2.45, 2.75) is 37.0 Å². The van der Waals surface area contributed by atoms with Gasteiger partial charge in [-0.1, -0.05) is 32.0 Å². The Morgan fingerprint density at radius 2 is 1.81 bits per heavy atom. The predicted octanol–water partition coefficient (Wildman–Crippen LogP) is 3.05. The minimum atomic E-state index is -3.91. The molecule has 7 nitrogen and oxygen atoms in total. The van der Waals surface area contributed by atoms with Crippen molar-refractivity contribution in [3.05, 3.63) is 53.8 Å². The van der Waals surface area contributed by atoms with Gasteiger partial charge in [-0.2, -0.15) is 4.31 Å². The van der Waals surface area contributed by atoms with Gasteiger partial charge in [-0.3, -0.25) is 4.79 Å². The van der Waals surface area contributed by atoms with E-state index >= 15 is 0 Å². The molecule has 0 spiro atoms. The summed E-state index contributed by atoms with van der Waals surface area (Å²) in [6.07, 6.45) is 0.786. The van der Waals surface area contributed by atoms with Crippen LogP contribution in [0, 0.1) is 11.7 Å². The first-order chi connectivity index (χ1) is 15.2. The first-order valence-corrected chi connectivity index (χ1v) is 12.0. The highest BCUT2D eigenvalue weighted by atomic mass is 32.2. The van der Waals surface area contributed by atoms with Gasteiger partial charge in [-0.15, -0.1) is 0 Å². The van der Waals surface area contributed by atoms with E-state index in [4.69, 9.17) is 9.47 Å². The molecule has 1 fully saturated rings. The fourth-order valence-electron chi connectivity index (χ4n) is 4.02. The molecule has 4 rings (SSSR count). The van der Waals surface area contributed by atoms with E-state index in [1.807, 2.05) is 32.0 Å². The van der Waals surface area contributed by atoms with Crippen LogP contribution in [0.15, 0.2) is 47.4 Å². The molecule has 1 saturated heterocycles. The maximum Gasteiger partial charge on any atom is 0.245 e. The summed E-state index contributed by atoms with van der Waals surface area (Å²) in [4.78, 5) is 12.4. The average molecular weight is 463 g/mol. The van der Waals surface area contributed by atoms with E-state index < -0.39 is 15.8 Å². The zero-order chi connectivity index (χ0) is 22.9. The lowest BCUT2D eigenvalue weighted by atomic mass is 9.84. The summed E-state index contributed by atoms with van der Waals surface area (Å²) >= 11 is 0. The highest BCUT2D eigenvalue weighted by Crippen LogP contribution is 2.36. The van der Waals surface area contributed by atoms with Gasteiger partial charge in [0.2, 0.25) is 22.7 Å². The van der Waals surface area contributed by atoms with Crippen LogP contribution in [0.3, 0.4) is 0 Å². The Labute approximate surface area is 187 Å². The number of halogens is 1. The molecule has 0 atom stereocenters. The van der Waals surface area contributed by atoms with Crippen LogP contribution in [0.2, 0.25) is 0 Å². The van der Waals surface area contributed by atoms with Gasteiger partial charge in [0.05, 0.1) is 0 Å². The van der Waals surface area contributed by atoms with E-state index in [1.165, 1.54) is 22.5 Å². The van der Waals surface area contributed by atoms with Crippen molar-refractivity contribution >= 4 is 15.9 Å². The van der Waals surface area contributed by atoms with Crippen molar-refractivity contribution in [3.8, 4) is 11.5 Å². The second kappa shape index (κ2) is 8.71. The molecule has 1 N–H and O–H groups in total. The van der Waals surface area contributed by atoms with Crippen LogP contribution in [0.1, 0.15) is 32.3 Å². The average Bonchev–Trinajstić information content (AvgIpc) is 3.26. The van der Waals surface area contributed by atoms with E-state index in [0.717, 1.165) is 11.6 Å². The number of nitrogens with one attached hydrogen (secondary N) is 1. The number of carbonyl (C=O) groups excluding carboxylic acids is 1. The molecule has 2 aromatic rings. The molecular formula is C23H27FN2O5S. The second-order valence-electron chi connectivity index (χ2n) is 8.78. The lowest BCUT2D eigenvalue weighted by Gasteiger charge is -2.32. The van der Waals surface area contributed by atoms with Crippen LogP contribution in [0.5, 0.6) is 11.5 Å². The summed E-state index contributed by atoms with van der Waals surface area (Å²) in [6.45, 7) is 5.07. The number of benzene rings is 2. The number of ether oxygens (including phenoxy) is 2. The molecule has 172 valence electrons. The molecular weight excluding hydrogens is 435 g/mol. The third-order valence-corrected chi connectivity index (χ3v) is 8.07. The molecule has 2 aliphatic rings. The van der Waals surface area contributed by atoms with E-state index in [9.17, 15) is 17.6 Å². The summed E-state index contributed by atoms with van der Waals surface area (Å²) in [5, 5.41) is 3.01. The van der Waals surface area contributed by atoms with Crippen LogP contribution < -0.4 is 14.8 Å². The number of hydrogen-bond donors (Lipinski definition) is 1. The first-order valence-electron chi connectivity index (χ1n) is 10.6. The SMILES string of the molecule is CC(C)(CNC(=O)C1CCN(S(=O)(=O)c2ccccc2F)CC1)c1ccc2c(c1)OCO2. The zero-order valence-electron chi connectivity index (χ0n) is 18.1. The number of hydrogen-bond acceptors (Lipinski definition) is 5. The molecule has 1 amide bonds. The van der Waals surface area contributed by atoms with Crippen LogP contribution in [-0.4, -0.2) is 45.1 Å². The fourth-order valence-corrected chi connectivity index (χ4v) is 5.56. The largest absolute Gasteiger partial charge is 0.454 e. The molecule has 0 unspecified atom stereocenters. The summed E-state index contributed by atoms with van der Waals surface area (Å²) in [5.41, 5.74) is 0.693. The Morgan fingerprint density at radius 3 is 2.53 bits per heavy atom. The van der Waals surface area contributed by atoms with Crippen LogP contribution >= 0.6 is 0 Å². The fraction of sp³-hybridized carbons (Fsp3) is 0.435. The van der Waals surface area contributed by atoms with Gasteiger partial charge in [0.15, 0.2) is 11.5 Å². The Balaban J connectivity index is 1.33. The summed E-state index contributed by atoms with van der Waals surface area (Å²) in [7, 11) is -3.91. The van der Waals surface area contributed by atoms with Crippen molar-refractivity contribution in [2.24, 2.45) is 5.92 Å². The number of sulfonamides is 1. The third-order valence-electron chi connectivity index (χ3n) is 6.14. The first kappa shape index (κ1) is 22.5. The van der Waals surface area contributed by atoms with Gasteiger partial charge in [-0.25, -0.2) is 12.8 Å². The lowest BCUT2D eigenvalue weighted by Crippen LogP contribution is -2.45. The van der Waals surface area contributed by atoms with Gasteiger partial charge in [0, 0.05) is 31.0 Å². The van der Waals surface area contributed by atoms with Gasteiger partial charge < -0.3 is 14.8 Å². The number of carbonyl (C=O) groups is 1. The van der Waals surface area contributed by atoms with Gasteiger partial charge in [0.25, 0.3) is 0 Å². The molecule has 32 heavy (non-hydrogen) atoms. The minimum absolute atomic E-state index is 0.0956. The monoisotopic (exact) mass is 462 g/mol. The smallest absolute Gasteiger partial charge is 0.245 e. The Bertz CT molecular complexity index is 1110. The molecule has 0 bridgehead atoms. The molecule has 2 aliphatic heterocycles. The number of amides is 1. The normalized spacial score (nSPS) is 17.3. The maximum absolute atomic E-state index is 14.0. The van der Waals surface area contributed by atoms with Crippen LogP contribution in [0.25, 0.3) is 0 Å². The topological polar surface area (TPSA) is 84.9 Å². The number of piperidine rings is 1. The maximum atomic E-state index is 14.0. The molecule has 0 aliphatic carbocycles. The highest BCUT2D eigenvalue weighted by molar-refractivity contribution is 7.89. The zero-order valence-corrected chi connectivity index (χ0v) is 19.0. The molecule has 2 aromatic carbocycles. The Kier molecular flexibility index (Phi) is 6.13. The molecule has 2 heterocycles. The standard InChI is InChI=1S/C23H27FN2O5S/c1-23(2,17-7-8-19-20(13-17)31-15-30-19)14-25-22(27)16-9-11-26(12-10-16)32(28,29)21-6-4-3-5-18(21)24/h3-8,13,16H,9-12,14-15H2,1-2H3,(H,25,27). The Morgan fingerprint density at radius 1 is 1.12 bits per heavy atom. The van der Waals surface area contributed by atoms with Crippen molar-refractivity contribution in [2.75, 3.05) is 26.4 Å². The lowest BCUT2D eigenvalue weighted by molar-refractivity contribution is -0.126. The van der Waals surface area contributed by atoms with Gasteiger partial charge in [-0.05, 0) is 42.7 Å². The van der Waals surface area contributed by atoms with Crippen molar-refractivity contribution in [3.63, 3.8) is 0 Å². The van der Waals surface area contributed by atoms with Crippen LogP contribution in [0.4, 0.5) is 4.39 Å². The highest BCUT2D eigenvalue weighted by Gasteiger charge is 2.34. The molecule has 9 heteroatoms. The number of fused-ring (bicyclic) bond motifs is 1. The van der Waals surface area contributed by atoms with E-state index in [1.54, 1.807) is 0 Å². The van der Waals surface area contributed by atoms with Crippen molar-refractivity contribution < 1.29 is 27.1 Å². The van der Waals surface area contributed by atoms with Crippen LogP contribution in [-0.2, 0) is 20.2 Å². The van der Waals surface area contributed by atoms with Crippen molar-refractivity contribution in [1.82, 2.24) is 9.62 Å². The van der Waals surface area contributed by atoms with E-state index in [2.05, 4.69) is 5.32 Å².